The Bertz CT molecular complexity index is 467. The summed E-state index contributed by atoms with van der Waals surface area (Å²) >= 11 is 1.48. The SMILES string of the molecule is Cc1ccc(SCC(=O)NCC(=O)N2CCCC2)cc1. The topological polar surface area (TPSA) is 49.4 Å². The van der Waals surface area contributed by atoms with Gasteiger partial charge in [-0.15, -0.1) is 11.8 Å². The van der Waals surface area contributed by atoms with E-state index in [-0.39, 0.29) is 18.4 Å². The molecule has 0 spiro atoms. The van der Waals surface area contributed by atoms with Gasteiger partial charge in [-0.1, -0.05) is 17.7 Å². The fraction of sp³-hybridized carbons (Fsp3) is 0.467. The van der Waals surface area contributed by atoms with E-state index in [1.54, 1.807) is 0 Å². The van der Waals surface area contributed by atoms with Gasteiger partial charge in [0.15, 0.2) is 0 Å². The maximum Gasteiger partial charge on any atom is 0.241 e. The number of hydrogen-bond acceptors (Lipinski definition) is 3. The highest BCUT2D eigenvalue weighted by Crippen LogP contribution is 2.17. The van der Waals surface area contributed by atoms with Crippen LogP contribution in [0, 0.1) is 6.92 Å². The molecule has 0 saturated carbocycles. The molecule has 20 heavy (non-hydrogen) atoms. The molecule has 1 aliphatic heterocycles. The lowest BCUT2D eigenvalue weighted by atomic mass is 10.2. The lowest BCUT2D eigenvalue weighted by Crippen LogP contribution is -2.39. The predicted molar refractivity (Wildman–Crippen MR) is 80.7 cm³/mol. The predicted octanol–water partition coefficient (Wildman–Crippen LogP) is 1.83. The van der Waals surface area contributed by atoms with Gasteiger partial charge >= 0.3 is 0 Å². The minimum atomic E-state index is -0.0943. The highest BCUT2D eigenvalue weighted by atomic mass is 32.2. The largest absolute Gasteiger partial charge is 0.346 e. The van der Waals surface area contributed by atoms with Crippen molar-refractivity contribution in [2.75, 3.05) is 25.4 Å². The summed E-state index contributed by atoms with van der Waals surface area (Å²) in [5.74, 6) is 0.274. The zero-order chi connectivity index (χ0) is 14.4. The number of aryl methyl sites for hydroxylation is 1. The van der Waals surface area contributed by atoms with Crippen LogP contribution in [0.3, 0.4) is 0 Å². The molecule has 0 bridgehead atoms. The first-order chi connectivity index (χ1) is 9.65. The van der Waals surface area contributed by atoms with Crippen molar-refractivity contribution >= 4 is 23.6 Å². The normalized spacial score (nSPS) is 14.3. The Morgan fingerprint density at radius 1 is 1.20 bits per heavy atom. The van der Waals surface area contributed by atoms with Crippen LogP contribution in [-0.4, -0.2) is 42.1 Å². The van der Waals surface area contributed by atoms with Crippen molar-refractivity contribution in [2.24, 2.45) is 0 Å². The first-order valence-electron chi connectivity index (χ1n) is 6.89. The van der Waals surface area contributed by atoms with E-state index < -0.39 is 0 Å². The van der Waals surface area contributed by atoms with Crippen molar-refractivity contribution in [1.82, 2.24) is 10.2 Å². The number of carbonyl (C=O) groups is 2. The van der Waals surface area contributed by atoms with Crippen LogP contribution in [0.25, 0.3) is 0 Å². The number of benzene rings is 1. The maximum atomic E-state index is 11.8. The van der Waals surface area contributed by atoms with Crippen molar-refractivity contribution in [2.45, 2.75) is 24.7 Å². The molecular formula is C15H20N2O2S. The smallest absolute Gasteiger partial charge is 0.241 e. The molecule has 1 heterocycles. The van der Waals surface area contributed by atoms with E-state index in [0.29, 0.717) is 5.75 Å². The average Bonchev–Trinajstić information content (AvgIpc) is 2.98. The van der Waals surface area contributed by atoms with E-state index in [4.69, 9.17) is 0 Å². The molecule has 0 aliphatic carbocycles. The number of carbonyl (C=O) groups excluding carboxylic acids is 2. The zero-order valence-corrected chi connectivity index (χ0v) is 12.5. The van der Waals surface area contributed by atoms with Crippen LogP contribution in [0.2, 0.25) is 0 Å². The number of nitrogens with one attached hydrogen (secondary N) is 1. The van der Waals surface area contributed by atoms with Crippen LogP contribution in [-0.2, 0) is 9.59 Å². The lowest BCUT2D eigenvalue weighted by Gasteiger charge is -2.15. The fourth-order valence-corrected chi connectivity index (χ4v) is 2.82. The standard InChI is InChI=1S/C15H20N2O2S/c1-12-4-6-13(7-5-12)20-11-14(18)16-10-15(19)17-8-2-3-9-17/h4-7H,2-3,8-11H2,1H3,(H,16,18). The van der Waals surface area contributed by atoms with E-state index in [1.165, 1.54) is 17.3 Å². The minimum Gasteiger partial charge on any atom is -0.346 e. The molecule has 1 aromatic carbocycles. The number of likely N-dealkylation sites (tertiary alicyclic amines) is 1. The summed E-state index contributed by atoms with van der Waals surface area (Å²) in [4.78, 5) is 26.3. The molecule has 1 fully saturated rings. The van der Waals surface area contributed by atoms with E-state index in [1.807, 2.05) is 36.1 Å². The minimum absolute atomic E-state index is 0.0242. The Hall–Kier alpha value is -1.49. The summed E-state index contributed by atoms with van der Waals surface area (Å²) < 4.78 is 0. The van der Waals surface area contributed by atoms with Crippen LogP contribution < -0.4 is 5.32 Å². The Morgan fingerprint density at radius 2 is 1.85 bits per heavy atom. The van der Waals surface area contributed by atoms with E-state index >= 15 is 0 Å². The Labute approximate surface area is 123 Å². The molecule has 1 N–H and O–H groups in total. The van der Waals surface area contributed by atoms with Gasteiger partial charge < -0.3 is 10.2 Å². The Kier molecular flexibility index (Phi) is 5.47. The molecular weight excluding hydrogens is 272 g/mol. The summed E-state index contributed by atoms with van der Waals surface area (Å²) in [5.41, 5.74) is 1.20. The Morgan fingerprint density at radius 3 is 2.50 bits per heavy atom. The molecule has 0 aromatic heterocycles. The van der Waals surface area contributed by atoms with Gasteiger partial charge in [-0.25, -0.2) is 0 Å². The van der Waals surface area contributed by atoms with Gasteiger partial charge in [-0.2, -0.15) is 0 Å². The molecule has 108 valence electrons. The fourth-order valence-electron chi connectivity index (χ4n) is 2.09. The number of hydrogen-bond donors (Lipinski definition) is 1. The maximum absolute atomic E-state index is 11.8. The lowest BCUT2D eigenvalue weighted by molar-refractivity contribution is -0.131. The first-order valence-corrected chi connectivity index (χ1v) is 7.87. The van der Waals surface area contributed by atoms with Gasteiger partial charge in [0.2, 0.25) is 11.8 Å². The van der Waals surface area contributed by atoms with E-state index in [0.717, 1.165) is 30.8 Å². The molecule has 4 nitrogen and oxygen atoms in total. The van der Waals surface area contributed by atoms with Crippen LogP contribution in [0.5, 0.6) is 0 Å². The summed E-state index contributed by atoms with van der Waals surface area (Å²) in [6.07, 6.45) is 2.14. The van der Waals surface area contributed by atoms with E-state index in [2.05, 4.69) is 5.32 Å². The van der Waals surface area contributed by atoms with Crippen LogP contribution in [0.4, 0.5) is 0 Å². The second-order valence-electron chi connectivity index (χ2n) is 4.97. The number of nitrogens with zero attached hydrogens (tertiary/aromatic N) is 1. The summed E-state index contributed by atoms with van der Waals surface area (Å²) in [6, 6.07) is 8.06. The molecule has 2 rings (SSSR count). The monoisotopic (exact) mass is 292 g/mol. The highest BCUT2D eigenvalue weighted by molar-refractivity contribution is 8.00. The van der Waals surface area contributed by atoms with Crippen LogP contribution >= 0.6 is 11.8 Å². The second kappa shape index (κ2) is 7.33. The van der Waals surface area contributed by atoms with Crippen molar-refractivity contribution < 1.29 is 9.59 Å². The third kappa shape index (κ3) is 4.56. The zero-order valence-electron chi connectivity index (χ0n) is 11.7. The van der Waals surface area contributed by atoms with Crippen LogP contribution in [0.1, 0.15) is 18.4 Å². The van der Waals surface area contributed by atoms with Crippen molar-refractivity contribution in [3.05, 3.63) is 29.8 Å². The number of thioether (sulfide) groups is 1. The molecule has 5 heteroatoms. The molecule has 2 amide bonds. The first kappa shape index (κ1) is 14.9. The van der Waals surface area contributed by atoms with Gasteiger partial charge in [0.05, 0.1) is 12.3 Å². The van der Waals surface area contributed by atoms with Crippen molar-refractivity contribution in [3.8, 4) is 0 Å². The molecule has 1 aromatic rings. The van der Waals surface area contributed by atoms with Crippen molar-refractivity contribution in [1.29, 1.82) is 0 Å². The average molecular weight is 292 g/mol. The van der Waals surface area contributed by atoms with Crippen molar-refractivity contribution in [3.63, 3.8) is 0 Å². The van der Waals surface area contributed by atoms with Gasteiger partial charge in [-0.05, 0) is 31.9 Å². The molecule has 0 unspecified atom stereocenters. The Balaban J connectivity index is 1.67. The quantitative estimate of drug-likeness (QED) is 0.842. The van der Waals surface area contributed by atoms with Gasteiger partial charge in [-0.3, -0.25) is 9.59 Å². The third-order valence-electron chi connectivity index (χ3n) is 3.29. The summed E-state index contributed by atoms with van der Waals surface area (Å²) in [5, 5.41) is 2.69. The summed E-state index contributed by atoms with van der Waals surface area (Å²) in [6.45, 7) is 3.80. The van der Waals surface area contributed by atoms with Gasteiger partial charge in [0.25, 0.3) is 0 Å². The second-order valence-corrected chi connectivity index (χ2v) is 6.02. The number of amides is 2. The van der Waals surface area contributed by atoms with E-state index in [9.17, 15) is 9.59 Å². The molecule has 0 radical (unpaired) electrons. The van der Waals surface area contributed by atoms with Gasteiger partial charge in [0, 0.05) is 18.0 Å². The third-order valence-corrected chi connectivity index (χ3v) is 4.30. The van der Waals surface area contributed by atoms with Gasteiger partial charge in [0.1, 0.15) is 0 Å². The summed E-state index contributed by atoms with van der Waals surface area (Å²) in [7, 11) is 0. The molecule has 0 atom stereocenters. The number of rotatable bonds is 5. The van der Waals surface area contributed by atoms with Crippen LogP contribution in [0.15, 0.2) is 29.2 Å². The highest BCUT2D eigenvalue weighted by Gasteiger charge is 2.17. The molecule has 1 saturated heterocycles. The molecule has 1 aliphatic rings.